The molecule has 0 N–H and O–H groups in total. The first-order chi connectivity index (χ1) is 15.3. The second kappa shape index (κ2) is 9.27. The maximum absolute atomic E-state index is 14.8. The van der Waals surface area contributed by atoms with Crippen LogP contribution in [0.3, 0.4) is 0 Å². The molecule has 4 aromatic rings. The van der Waals surface area contributed by atoms with Crippen molar-refractivity contribution in [3.63, 3.8) is 0 Å². The molecule has 0 spiro atoms. The normalized spacial score (nSPS) is 12.1. The van der Waals surface area contributed by atoms with Crippen molar-refractivity contribution in [2.24, 2.45) is 4.99 Å². The van der Waals surface area contributed by atoms with E-state index in [-0.39, 0.29) is 0 Å². The van der Waals surface area contributed by atoms with Crippen LogP contribution in [0.4, 0.5) is 14.5 Å². The summed E-state index contributed by atoms with van der Waals surface area (Å²) in [6.07, 6.45) is 1.66. The first-order valence-corrected chi connectivity index (χ1v) is 10.9. The average Bonchev–Trinajstić information content (AvgIpc) is 3.23. The van der Waals surface area contributed by atoms with Gasteiger partial charge < -0.3 is 4.74 Å². The van der Waals surface area contributed by atoms with Crippen LogP contribution in [-0.2, 0) is 0 Å². The van der Waals surface area contributed by atoms with Gasteiger partial charge in [-0.05, 0) is 69.5 Å². The highest BCUT2D eigenvalue weighted by Crippen LogP contribution is 2.35. The van der Waals surface area contributed by atoms with Crippen molar-refractivity contribution >= 4 is 39.1 Å². The zero-order valence-corrected chi connectivity index (χ0v) is 19.3. The standard InChI is InChI=1S/C25H18BrClF2N2O/c1-32-22-13-11-21(12-14-22)30-24(25(26,28)29)31-16-19(17-5-3-2-4-6-17)15-23(31)18-7-9-20(27)10-8-18/h2-16H,1H3. The van der Waals surface area contributed by atoms with E-state index in [1.54, 1.807) is 61.8 Å². The number of rotatable bonds is 5. The highest BCUT2D eigenvalue weighted by Gasteiger charge is 2.35. The minimum Gasteiger partial charge on any atom is -0.497 e. The third-order valence-electron chi connectivity index (χ3n) is 4.86. The highest BCUT2D eigenvalue weighted by molar-refractivity contribution is 9.10. The Bertz CT molecular complexity index is 1230. The van der Waals surface area contributed by atoms with E-state index in [1.807, 2.05) is 36.4 Å². The second-order valence-corrected chi connectivity index (χ2v) is 8.42. The first kappa shape index (κ1) is 22.2. The number of ether oxygens (including phenoxy) is 1. The number of halogens is 4. The van der Waals surface area contributed by atoms with Gasteiger partial charge in [0.25, 0.3) is 0 Å². The Balaban J connectivity index is 1.91. The van der Waals surface area contributed by atoms with Crippen LogP contribution in [0.25, 0.3) is 22.4 Å². The molecular formula is C25H18BrClF2N2O. The number of hydrogen-bond acceptors (Lipinski definition) is 2. The van der Waals surface area contributed by atoms with Gasteiger partial charge in [0, 0.05) is 16.8 Å². The molecule has 7 heteroatoms. The van der Waals surface area contributed by atoms with E-state index < -0.39 is 10.7 Å². The van der Waals surface area contributed by atoms with Crippen molar-refractivity contribution < 1.29 is 13.5 Å². The molecule has 3 nitrogen and oxygen atoms in total. The molecule has 0 aliphatic carbocycles. The largest absolute Gasteiger partial charge is 0.497 e. The molecule has 0 unspecified atom stereocenters. The van der Waals surface area contributed by atoms with E-state index in [4.69, 9.17) is 16.3 Å². The summed E-state index contributed by atoms with van der Waals surface area (Å²) >= 11 is 8.56. The Morgan fingerprint density at radius 3 is 2.16 bits per heavy atom. The van der Waals surface area contributed by atoms with E-state index in [2.05, 4.69) is 20.9 Å². The average molecular weight is 516 g/mol. The highest BCUT2D eigenvalue weighted by atomic mass is 79.9. The maximum Gasteiger partial charge on any atom is 0.358 e. The third-order valence-corrected chi connectivity index (χ3v) is 5.46. The quantitative estimate of drug-likeness (QED) is 0.150. The molecule has 1 heterocycles. The van der Waals surface area contributed by atoms with Gasteiger partial charge in [0.15, 0.2) is 5.84 Å². The lowest BCUT2D eigenvalue weighted by Gasteiger charge is -2.17. The van der Waals surface area contributed by atoms with E-state index in [0.717, 1.165) is 16.7 Å². The Hall–Kier alpha value is -2.96. The summed E-state index contributed by atoms with van der Waals surface area (Å²) in [4.78, 5) is 0.900. The molecule has 0 aliphatic rings. The van der Waals surface area contributed by atoms with Crippen molar-refractivity contribution in [2.75, 3.05) is 7.11 Å². The van der Waals surface area contributed by atoms with Gasteiger partial charge in [-0.15, -0.1) is 0 Å². The van der Waals surface area contributed by atoms with Crippen LogP contribution in [0.1, 0.15) is 0 Å². The number of methoxy groups -OCH3 is 1. The number of hydrogen-bond donors (Lipinski definition) is 0. The minimum atomic E-state index is -3.39. The summed E-state index contributed by atoms with van der Waals surface area (Å²) in [6.45, 7) is 0. The lowest BCUT2D eigenvalue weighted by Crippen LogP contribution is -2.28. The molecule has 32 heavy (non-hydrogen) atoms. The van der Waals surface area contributed by atoms with E-state index in [1.165, 1.54) is 4.57 Å². The van der Waals surface area contributed by atoms with Crippen LogP contribution in [0.2, 0.25) is 5.02 Å². The van der Waals surface area contributed by atoms with Gasteiger partial charge in [-0.2, -0.15) is 8.78 Å². The topological polar surface area (TPSA) is 26.5 Å². The number of benzene rings is 3. The number of aromatic nitrogens is 1. The molecule has 4 rings (SSSR count). The fourth-order valence-corrected chi connectivity index (χ4v) is 3.71. The lowest BCUT2D eigenvalue weighted by molar-refractivity contribution is 0.189. The van der Waals surface area contributed by atoms with Crippen molar-refractivity contribution in [3.05, 3.63) is 96.1 Å². The first-order valence-electron chi connectivity index (χ1n) is 9.69. The molecule has 0 aliphatic heterocycles. The summed E-state index contributed by atoms with van der Waals surface area (Å²) in [5.74, 6) is 0.153. The number of alkyl halides is 3. The van der Waals surface area contributed by atoms with Crippen LogP contribution in [-0.4, -0.2) is 22.3 Å². The molecule has 162 valence electrons. The van der Waals surface area contributed by atoms with Crippen LogP contribution in [0, 0.1) is 0 Å². The molecule has 0 saturated heterocycles. The van der Waals surface area contributed by atoms with Gasteiger partial charge in [-0.1, -0.05) is 54.1 Å². The summed E-state index contributed by atoms with van der Waals surface area (Å²) in [5, 5.41) is 0.563. The number of nitrogens with zero attached hydrogens (tertiary/aromatic N) is 2. The minimum absolute atomic E-state index is 0.372. The fraction of sp³-hybridized carbons (Fsp3) is 0.0800. The zero-order valence-electron chi connectivity index (χ0n) is 17.0. The van der Waals surface area contributed by atoms with Crippen molar-refractivity contribution in [2.45, 2.75) is 4.83 Å². The molecule has 3 aromatic carbocycles. The third kappa shape index (κ3) is 4.92. The van der Waals surface area contributed by atoms with Gasteiger partial charge in [-0.25, -0.2) is 4.99 Å². The summed E-state index contributed by atoms with van der Waals surface area (Å²) < 4.78 is 36.1. The predicted molar refractivity (Wildman–Crippen MR) is 130 cm³/mol. The zero-order chi connectivity index (χ0) is 22.7. The molecule has 0 bridgehead atoms. The van der Waals surface area contributed by atoms with Crippen molar-refractivity contribution in [1.82, 2.24) is 4.57 Å². The molecule has 0 atom stereocenters. The van der Waals surface area contributed by atoms with E-state index in [9.17, 15) is 8.78 Å². The van der Waals surface area contributed by atoms with Gasteiger partial charge >= 0.3 is 4.83 Å². The van der Waals surface area contributed by atoms with Crippen LogP contribution in [0.5, 0.6) is 5.75 Å². The second-order valence-electron chi connectivity index (χ2n) is 6.99. The maximum atomic E-state index is 14.8. The van der Waals surface area contributed by atoms with Gasteiger partial charge in [0.1, 0.15) is 5.75 Å². The molecule has 0 saturated carbocycles. The van der Waals surface area contributed by atoms with Gasteiger partial charge in [0.05, 0.1) is 18.5 Å². The SMILES string of the molecule is COc1ccc(N=C(n2cc(-c3ccccc3)cc2-c2ccc(Cl)cc2)C(F)(F)Br)cc1. The van der Waals surface area contributed by atoms with Crippen molar-refractivity contribution in [3.8, 4) is 28.1 Å². The van der Waals surface area contributed by atoms with E-state index in [0.29, 0.717) is 22.2 Å². The molecule has 0 radical (unpaired) electrons. The molecule has 0 amide bonds. The predicted octanol–water partition coefficient (Wildman–Crippen LogP) is 8.05. The van der Waals surface area contributed by atoms with E-state index >= 15 is 0 Å². The Kier molecular flexibility index (Phi) is 6.44. The van der Waals surface area contributed by atoms with Crippen LogP contribution >= 0.6 is 27.5 Å². The van der Waals surface area contributed by atoms with Crippen molar-refractivity contribution in [1.29, 1.82) is 0 Å². The lowest BCUT2D eigenvalue weighted by atomic mass is 10.1. The Labute approximate surface area is 198 Å². The summed E-state index contributed by atoms with van der Waals surface area (Å²) in [6, 6.07) is 25.1. The molecule has 1 aromatic heterocycles. The van der Waals surface area contributed by atoms with Gasteiger partial charge in [-0.3, -0.25) is 4.57 Å². The summed E-state index contributed by atoms with van der Waals surface area (Å²) in [5.41, 5.74) is 3.36. The molecule has 0 fully saturated rings. The molecular weight excluding hydrogens is 498 g/mol. The van der Waals surface area contributed by atoms with Crippen LogP contribution < -0.4 is 4.74 Å². The number of aliphatic imine (C=N–C) groups is 1. The van der Waals surface area contributed by atoms with Gasteiger partial charge in [0.2, 0.25) is 0 Å². The smallest absolute Gasteiger partial charge is 0.358 e. The van der Waals surface area contributed by atoms with Crippen LogP contribution in [0.15, 0.2) is 96.1 Å². The Morgan fingerprint density at radius 1 is 0.906 bits per heavy atom. The fourth-order valence-electron chi connectivity index (χ4n) is 3.30. The monoisotopic (exact) mass is 514 g/mol. The Morgan fingerprint density at radius 2 is 1.56 bits per heavy atom. The summed E-state index contributed by atoms with van der Waals surface area (Å²) in [7, 11) is 1.54.